The van der Waals surface area contributed by atoms with Crippen molar-refractivity contribution < 1.29 is 9.21 Å². The van der Waals surface area contributed by atoms with Gasteiger partial charge in [0.2, 0.25) is 11.8 Å². The van der Waals surface area contributed by atoms with Crippen LogP contribution in [0.1, 0.15) is 58.1 Å². The van der Waals surface area contributed by atoms with Crippen LogP contribution in [0.4, 0.5) is 5.88 Å². The van der Waals surface area contributed by atoms with Crippen molar-refractivity contribution in [3.05, 3.63) is 17.4 Å². The minimum absolute atomic E-state index is 0.0785. The predicted octanol–water partition coefficient (Wildman–Crippen LogP) is 3.60. The molecule has 0 bridgehead atoms. The number of furan rings is 1. The molecular formula is C16H22N2O2. The van der Waals surface area contributed by atoms with Gasteiger partial charge in [0.15, 0.2) is 0 Å². The molecule has 1 saturated heterocycles. The van der Waals surface area contributed by atoms with E-state index in [2.05, 4.69) is 13.0 Å². The Balaban J connectivity index is 2.34. The topological polar surface area (TPSA) is 57.2 Å². The molecule has 1 aliphatic rings. The van der Waals surface area contributed by atoms with E-state index >= 15 is 0 Å². The fourth-order valence-electron chi connectivity index (χ4n) is 2.76. The van der Waals surface area contributed by atoms with Gasteiger partial charge in [0.25, 0.3) is 0 Å². The van der Waals surface area contributed by atoms with Gasteiger partial charge in [-0.05, 0) is 18.3 Å². The molecule has 1 aromatic rings. The van der Waals surface area contributed by atoms with Gasteiger partial charge in [0.1, 0.15) is 11.6 Å². The molecule has 0 spiro atoms. The number of hydrogen-bond acceptors (Lipinski definition) is 3. The van der Waals surface area contributed by atoms with Gasteiger partial charge in [-0.25, -0.2) is 0 Å². The summed E-state index contributed by atoms with van der Waals surface area (Å²) < 4.78 is 5.58. The average molecular weight is 274 g/mol. The molecule has 4 heteroatoms. The van der Waals surface area contributed by atoms with Crippen molar-refractivity contribution in [3.63, 3.8) is 0 Å². The number of carbonyl (C=O) groups excluding carboxylic acids is 1. The average Bonchev–Trinajstić information content (AvgIpc) is 2.93. The van der Waals surface area contributed by atoms with Crippen LogP contribution in [-0.2, 0) is 10.2 Å². The minimum Gasteiger partial charge on any atom is -0.447 e. The molecule has 1 amide bonds. The Bertz CT molecular complexity index is 546. The summed E-state index contributed by atoms with van der Waals surface area (Å²) in [4.78, 5) is 14.0. The Labute approximate surface area is 120 Å². The highest BCUT2D eigenvalue weighted by Gasteiger charge is 2.36. The first kappa shape index (κ1) is 14.6. The van der Waals surface area contributed by atoms with Crippen LogP contribution in [0.15, 0.2) is 10.7 Å². The second kappa shape index (κ2) is 5.32. The van der Waals surface area contributed by atoms with Crippen LogP contribution in [-0.4, -0.2) is 12.5 Å². The Kier molecular flexibility index (Phi) is 3.89. The third-order valence-corrected chi connectivity index (χ3v) is 3.89. The van der Waals surface area contributed by atoms with Gasteiger partial charge in [-0.15, -0.1) is 0 Å². The number of carbonyl (C=O) groups is 1. The number of nitriles is 1. The number of nitrogens with zero attached hydrogens (tertiary/aromatic N) is 2. The molecule has 4 nitrogen and oxygen atoms in total. The highest BCUT2D eigenvalue weighted by molar-refractivity contribution is 5.97. The SMILES string of the molecule is CCCC1CCN(c2occ(C(C)(C)C)c2C#N)C1=O. The summed E-state index contributed by atoms with van der Waals surface area (Å²) in [6.45, 7) is 8.84. The Hall–Kier alpha value is -1.76. The van der Waals surface area contributed by atoms with Gasteiger partial charge in [-0.3, -0.25) is 9.69 Å². The van der Waals surface area contributed by atoms with Gasteiger partial charge >= 0.3 is 0 Å². The van der Waals surface area contributed by atoms with E-state index in [-0.39, 0.29) is 17.2 Å². The summed E-state index contributed by atoms with van der Waals surface area (Å²) in [6, 6.07) is 2.21. The summed E-state index contributed by atoms with van der Waals surface area (Å²) in [5.74, 6) is 0.605. The van der Waals surface area contributed by atoms with E-state index in [0.717, 1.165) is 24.8 Å². The first-order valence-electron chi connectivity index (χ1n) is 7.23. The molecule has 0 aliphatic carbocycles. The minimum atomic E-state index is -0.168. The second-order valence-corrected chi connectivity index (χ2v) is 6.46. The molecule has 1 fully saturated rings. The third-order valence-electron chi connectivity index (χ3n) is 3.89. The van der Waals surface area contributed by atoms with Crippen LogP contribution in [0, 0.1) is 17.2 Å². The monoisotopic (exact) mass is 274 g/mol. The normalized spacial score (nSPS) is 19.4. The summed E-state index contributed by atoms with van der Waals surface area (Å²) in [5.41, 5.74) is 1.20. The quantitative estimate of drug-likeness (QED) is 0.846. The van der Waals surface area contributed by atoms with Crippen LogP contribution in [0.2, 0.25) is 0 Å². The zero-order valence-electron chi connectivity index (χ0n) is 12.7. The van der Waals surface area contributed by atoms with Crippen molar-refractivity contribution in [2.45, 2.75) is 52.4 Å². The first-order valence-corrected chi connectivity index (χ1v) is 7.23. The fourth-order valence-corrected chi connectivity index (χ4v) is 2.76. The molecule has 108 valence electrons. The zero-order chi connectivity index (χ0) is 14.9. The van der Waals surface area contributed by atoms with Crippen LogP contribution in [0.3, 0.4) is 0 Å². The number of rotatable bonds is 3. The van der Waals surface area contributed by atoms with Gasteiger partial charge in [0, 0.05) is 18.0 Å². The number of hydrogen-bond donors (Lipinski definition) is 0. The molecule has 1 aliphatic heterocycles. The molecule has 0 saturated carbocycles. The van der Waals surface area contributed by atoms with Crippen LogP contribution in [0.5, 0.6) is 0 Å². The Morgan fingerprint density at radius 2 is 2.20 bits per heavy atom. The lowest BCUT2D eigenvalue weighted by atomic mass is 9.86. The van der Waals surface area contributed by atoms with E-state index in [0.29, 0.717) is 18.0 Å². The van der Waals surface area contributed by atoms with Crippen LogP contribution in [0.25, 0.3) is 0 Å². The van der Waals surface area contributed by atoms with Crippen molar-refractivity contribution in [2.24, 2.45) is 5.92 Å². The highest BCUT2D eigenvalue weighted by atomic mass is 16.3. The van der Waals surface area contributed by atoms with Crippen molar-refractivity contribution in [1.29, 1.82) is 5.26 Å². The summed E-state index contributed by atoms with van der Waals surface area (Å²) in [7, 11) is 0. The molecule has 0 N–H and O–H groups in total. The smallest absolute Gasteiger partial charge is 0.232 e. The molecule has 2 heterocycles. The summed E-state index contributed by atoms with van der Waals surface area (Å²) >= 11 is 0. The molecule has 2 rings (SSSR count). The van der Waals surface area contributed by atoms with E-state index in [9.17, 15) is 10.1 Å². The molecule has 0 radical (unpaired) electrons. The fraction of sp³-hybridized carbons (Fsp3) is 0.625. The highest BCUT2D eigenvalue weighted by Crippen LogP contribution is 2.37. The van der Waals surface area contributed by atoms with E-state index in [4.69, 9.17) is 4.42 Å². The molecule has 1 unspecified atom stereocenters. The van der Waals surface area contributed by atoms with Crippen LogP contribution < -0.4 is 4.90 Å². The maximum Gasteiger partial charge on any atom is 0.232 e. The molecule has 1 atom stereocenters. The van der Waals surface area contributed by atoms with Crippen molar-refractivity contribution in [3.8, 4) is 6.07 Å². The van der Waals surface area contributed by atoms with E-state index in [1.54, 1.807) is 11.2 Å². The Morgan fingerprint density at radius 3 is 2.75 bits per heavy atom. The predicted molar refractivity (Wildman–Crippen MR) is 77.5 cm³/mol. The van der Waals surface area contributed by atoms with Gasteiger partial charge in [0.05, 0.1) is 6.26 Å². The number of anilines is 1. The van der Waals surface area contributed by atoms with Crippen molar-refractivity contribution in [2.75, 3.05) is 11.4 Å². The molecule has 1 aromatic heterocycles. The lowest BCUT2D eigenvalue weighted by Crippen LogP contribution is -2.27. The maximum atomic E-state index is 12.4. The summed E-state index contributed by atoms with van der Waals surface area (Å²) in [6.07, 6.45) is 4.38. The number of amides is 1. The molecule has 0 aromatic carbocycles. The zero-order valence-corrected chi connectivity index (χ0v) is 12.7. The lowest BCUT2D eigenvalue weighted by molar-refractivity contribution is -0.120. The standard InChI is InChI=1S/C16H22N2O2/c1-5-6-11-7-8-18(14(11)19)15-12(9-17)13(10-20-15)16(2,3)4/h10-11H,5-8H2,1-4H3. The van der Waals surface area contributed by atoms with E-state index in [1.165, 1.54) is 0 Å². The summed E-state index contributed by atoms with van der Waals surface area (Å²) in [5, 5.41) is 9.42. The van der Waals surface area contributed by atoms with Crippen molar-refractivity contribution >= 4 is 11.8 Å². The maximum absolute atomic E-state index is 12.4. The lowest BCUT2D eigenvalue weighted by Gasteiger charge is -2.17. The van der Waals surface area contributed by atoms with Gasteiger partial charge in [-0.1, -0.05) is 34.1 Å². The second-order valence-electron chi connectivity index (χ2n) is 6.46. The van der Waals surface area contributed by atoms with Gasteiger partial charge in [-0.2, -0.15) is 5.26 Å². The molecule has 20 heavy (non-hydrogen) atoms. The third kappa shape index (κ3) is 2.45. The Morgan fingerprint density at radius 1 is 1.50 bits per heavy atom. The molecular weight excluding hydrogens is 252 g/mol. The first-order chi connectivity index (χ1) is 9.40. The van der Waals surface area contributed by atoms with Crippen molar-refractivity contribution in [1.82, 2.24) is 0 Å². The van der Waals surface area contributed by atoms with Gasteiger partial charge < -0.3 is 4.42 Å². The largest absolute Gasteiger partial charge is 0.447 e. The van der Waals surface area contributed by atoms with Crippen LogP contribution >= 0.6 is 0 Å². The van der Waals surface area contributed by atoms with E-state index in [1.807, 2.05) is 20.8 Å². The van der Waals surface area contributed by atoms with E-state index < -0.39 is 0 Å².